The van der Waals surface area contributed by atoms with Gasteiger partial charge in [0.2, 0.25) is 0 Å². The van der Waals surface area contributed by atoms with Crippen molar-refractivity contribution in [2.45, 2.75) is 90.6 Å². The molecule has 0 aliphatic carbocycles. The normalized spacial score (nSPS) is 25.2. The number of hydrogen-bond donors (Lipinski definition) is 2. The van der Waals surface area contributed by atoms with E-state index in [0.29, 0.717) is 5.75 Å². The first-order chi connectivity index (χ1) is 20.7. The Hall–Kier alpha value is -3.29. The molecule has 1 fully saturated rings. The molecule has 2 aliphatic heterocycles. The Kier molecular flexibility index (Phi) is 12.1. The average molecular weight is 654 g/mol. The van der Waals surface area contributed by atoms with Crippen molar-refractivity contribution in [3.8, 4) is 5.75 Å². The molecule has 6 atom stereocenters. The third kappa shape index (κ3) is 8.89. The highest BCUT2D eigenvalue weighted by Crippen LogP contribution is 2.47. The van der Waals surface area contributed by atoms with Crippen LogP contribution < -0.4 is 14.9 Å². The number of hydrogen-bond acceptors (Lipinski definition) is 12. The molecular formula is C29H40N3O10PS. The Morgan fingerprint density at radius 3 is 2.41 bits per heavy atom. The Morgan fingerprint density at radius 2 is 1.82 bits per heavy atom. The van der Waals surface area contributed by atoms with E-state index < -0.39 is 60.5 Å². The topological polar surface area (TPSA) is 151 Å². The maximum Gasteiger partial charge on any atom is 0.323 e. The fourth-order valence-electron chi connectivity index (χ4n) is 4.41. The summed E-state index contributed by atoms with van der Waals surface area (Å²) in [4.78, 5) is 51.3. The number of carbonyl (C=O) groups is 4. The van der Waals surface area contributed by atoms with Crippen LogP contribution in [0, 0.1) is 0 Å². The lowest BCUT2D eigenvalue weighted by molar-refractivity contribution is -0.189. The Labute approximate surface area is 262 Å². The molecule has 1 aromatic rings. The Bertz CT molecular complexity index is 1310. The molecule has 242 valence electrons. The molecular weight excluding hydrogens is 613 g/mol. The predicted octanol–water partition coefficient (Wildman–Crippen LogP) is 3.41. The number of esters is 3. The molecule has 44 heavy (non-hydrogen) atoms. The van der Waals surface area contributed by atoms with E-state index in [4.69, 9.17) is 39.8 Å². The molecule has 0 bridgehead atoms. The van der Waals surface area contributed by atoms with Gasteiger partial charge in [0.05, 0.1) is 12.7 Å². The van der Waals surface area contributed by atoms with Crippen LogP contribution in [0.2, 0.25) is 0 Å². The van der Waals surface area contributed by atoms with Gasteiger partial charge in [-0.3, -0.25) is 19.2 Å². The van der Waals surface area contributed by atoms with Crippen LogP contribution in [0.3, 0.4) is 0 Å². The van der Waals surface area contributed by atoms with Gasteiger partial charge < -0.3 is 38.2 Å². The van der Waals surface area contributed by atoms with Gasteiger partial charge in [-0.1, -0.05) is 38.6 Å². The summed E-state index contributed by atoms with van der Waals surface area (Å²) in [5.41, 5.74) is -1.59. The first-order valence-electron chi connectivity index (χ1n) is 14.2. The third-order valence-electron chi connectivity index (χ3n) is 6.52. The summed E-state index contributed by atoms with van der Waals surface area (Å²) in [6.45, 7) is 9.89. The summed E-state index contributed by atoms with van der Waals surface area (Å²) in [7, 11) is 0. The fourth-order valence-corrected chi connectivity index (χ4v) is 6.82. The smallest absolute Gasteiger partial charge is 0.323 e. The van der Waals surface area contributed by atoms with Crippen LogP contribution in [0.5, 0.6) is 5.75 Å². The molecule has 0 aromatic heterocycles. The lowest BCUT2D eigenvalue weighted by Gasteiger charge is -2.40. The standard InChI is InChI=1S/C29H40N3O10PS/c1-8-24(34)40-26-22(39-28(29(26,7)41-25(35)9-2)32-16-15-23(33)30-20(32)6)17-37-43(44,42-21-13-11-10-12-14-21)31-19(5)27(36)38-18(3)4/h10-16,18-19,22,26,28H,6,8-9,17H2,1-5,7H3,(H,30,33)(H,31,44)/t19?,22-,26?,28-,29?,43?/m1/s1. The summed E-state index contributed by atoms with van der Waals surface area (Å²) in [6, 6.07) is 7.76. The summed E-state index contributed by atoms with van der Waals surface area (Å²) in [5, 5.41) is 5.54. The van der Waals surface area contributed by atoms with Crippen molar-refractivity contribution in [2.75, 3.05) is 6.61 Å². The molecule has 3 rings (SSSR count). The molecule has 1 amide bonds. The van der Waals surface area contributed by atoms with Gasteiger partial charge in [-0.15, -0.1) is 0 Å². The molecule has 0 saturated carbocycles. The summed E-state index contributed by atoms with van der Waals surface area (Å²) < 4.78 is 35.6. The highest BCUT2D eigenvalue weighted by Gasteiger charge is 2.61. The van der Waals surface area contributed by atoms with Crippen molar-refractivity contribution >= 4 is 42.3 Å². The van der Waals surface area contributed by atoms with Crippen molar-refractivity contribution in [3.05, 3.63) is 55.0 Å². The van der Waals surface area contributed by atoms with Crippen LogP contribution in [0.1, 0.15) is 54.4 Å². The molecule has 2 N–H and O–H groups in total. The molecule has 15 heteroatoms. The number of para-hydroxylation sites is 1. The van der Waals surface area contributed by atoms with Crippen LogP contribution in [-0.4, -0.2) is 71.5 Å². The minimum atomic E-state index is -3.51. The van der Waals surface area contributed by atoms with E-state index >= 15 is 0 Å². The van der Waals surface area contributed by atoms with E-state index in [9.17, 15) is 19.2 Å². The molecule has 1 aromatic carbocycles. The zero-order chi connectivity index (χ0) is 32.7. The molecule has 13 nitrogen and oxygen atoms in total. The van der Waals surface area contributed by atoms with Crippen molar-refractivity contribution in [1.82, 2.24) is 15.3 Å². The van der Waals surface area contributed by atoms with Crippen LogP contribution >= 0.6 is 6.64 Å². The average Bonchev–Trinajstić information content (AvgIpc) is 3.22. The monoisotopic (exact) mass is 653 g/mol. The van der Waals surface area contributed by atoms with Gasteiger partial charge in [-0.25, -0.2) is 5.09 Å². The largest absolute Gasteiger partial charge is 0.462 e. The number of ether oxygens (including phenoxy) is 4. The molecule has 0 radical (unpaired) electrons. The Morgan fingerprint density at radius 1 is 1.16 bits per heavy atom. The third-order valence-corrected chi connectivity index (χ3v) is 9.02. The van der Waals surface area contributed by atoms with E-state index in [2.05, 4.69) is 17.0 Å². The van der Waals surface area contributed by atoms with E-state index in [0.717, 1.165) is 0 Å². The van der Waals surface area contributed by atoms with E-state index in [1.165, 1.54) is 17.2 Å². The highest BCUT2D eigenvalue weighted by molar-refractivity contribution is 8.09. The Balaban J connectivity index is 1.97. The van der Waals surface area contributed by atoms with Gasteiger partial charge in [0.25, 0.3) is 5.91 Å². The van der Waals surface area contributed by atoms with E-state index in [1.54, 1.807) is 71.9 Å². The van der Waals surface area contributed by atoms with Crippen LogP contribution in [0.4, 0.5) is 0 Å². The van der Waals surface area contributed by atoms with Gasteiger partial charge >= 0.3 is 24.6 Å². The second-order valence-electron chi connectivity index (χ2n) is 10.5. The van der Waals surface area contributed by atoms with Gasteiger partial charge in [0.15, 0.2) is 17.9 Å². The quantitative estimate of drug-likeness (QED) is 0.172. The first-order valence-corrected chi connectivity index (χ1v) is 16.9. The number of amides is 1. The van der Waals surface area contributed by atoms with Crippen LogP contribution in [0.15, 0.2) is 55.0 Å². The fraction of sp³-hybridized carbons (Fsp3) is 0.517. The minimum Gasteiger partial charge on any atom is -0.462 e. The zero-order valence-corrected chi connectivity index (χ0v) is 27.4. The molecule has 0 spiro atoms. The van der Waals surface area contributed by atoms with E-state index in [1.807, 2.05) is 0 Å². The summed E-state index contributed by atoms with van der Waals surface area (Å²) in [6.07, 6.45) is -0.944. The van der Waals surface area contributed by atoms with Crippen LogP contribution in [-0.2, 0) is 54.5 Å². The lowest BCUT2D eigenvalue weighted by atomic mass is 9.94. The molecule has 2 aliphatic rings. The highest BCUT2D eigenvalue weighted by atomic mass is 32.5. The molecule has 1 saturated heterocycles. The van der Waals surface area contributed by atoms with Crippen molar-refractivity contribution < 1.29 is 47.2 Å². The number of rotatable bonds is 14. The van der Waals surface area contributed by atoms with Gasteiger partial charge in [0, 0.05) is 25.1 Å². The van der Waals surface area contributed by atoms with E-state index in [-0.39, 0.29) is 31.4 Å². The number of carbonyl (C=O) groups excluding carboxylic acids is 4. The van der Waals surface area contributed by atoms with Crippen molar-refractivity contribution in [3.63, 3.8) is 0 Å². The number of benzene rings is 1. The SMILES string of the molecule is C=C1NC(=O)C=CN1[C@@H]1O[C@H](COP(=S)(NC(C)C(=O)OC(C)C)Oc2ccccc2)C(OC(=O)CC)C1(C)OC(=O)CC. The number of nitrogens with one attached hydrogen (secondary N) is 2. The predicted molar refractivity (Wildman–Crippen MR) is 163 cm³/mol. The number of nitrogens with zero attached hydrogens (tertiary/aromatic N) is 1. The summed E-state index contributed by atoms with van der Waals surface area (Å²) in [5.74, 6) is -1.57. The zero-order valence-electron chi connectivity index (χ0n) is 25.6. The molecule has 4 unspecified atom stereocenters. The van der Waals surface area contributed by atoms with Crippen LogP contribution in [0.25, 0.3) is 0 Å². The maximum absolute atomic E-state index is 12.7. The molecule has 2 heterocycles. The lowest BCUT2D eigenvalue weighted by Crippen LogP contribution is -2.57. The first kappa shape index (κ1) is 35.2. The van der Waals surface area contributed by atoms with Gasteiger partial charge in [-0.2, -0.15) is 0 Å². The summed E-state index contributed by atoms with van der Waals surface area (Å²) >= 11 is 5.82. The van der Waals surface area contributed by atoms with Gasteiger partial charge in [-0.05, 0) is 51.6 Å². The van der Waals surface area contributed by atoms with Gasteiger partial charge in [0.1, 0.15) is 23.7 Å². The van der Waals surface area contributed by atoms with Crippen molar-refractivity contribution in [2.24, 2.45) is 0 Å². The minimum absolute atomic E-state index is 0.0328. The van der Waals surface area contributed by atoms with Crippen molar-refractivity contribution in [1.29, 1.82) is 0 Å². The second kappa shape index (κ2) is 15.1. The maximum atomic E-state index is 12.7. The second-order valence-corrected chi connectivity index (χ2v) is 13.6.